The van der Waals surface area contributed by atoms with Gasteiger partial charge in [-0.05, 0) is 36.2 Å². The maximum absolute atomic E-state index is 13.8. The highest BCUT2D eigenvalue weighted by atomic mass is 19.1. The highest BCUT2D eigenvalue weighted by molar-refractivity contribution is 5.94. The minimum Gasteiger partial charge on any atom is -0.341 e. The molecule has 3 rings (SSSR count). The van der Waals surface area contributed by atoms with Crippen LogP contribution in [0.3, 0.4) is 0 Å². The predicted molar refractivity (Wildman–Crippen MR) is 93.6 cm³/mol. The molecule has 0 unspecified atom stereocenters. The van der Waals surface area contributed by atoms with Gasteiger partial charge in [-0.3, -0.25) is 9.59 Å². The van der Waals surface area contributed by atoms with Gasteiger partial charge in [-0.1, -0.05) is 24.3 Å². The molecule has 1 aliphatic heterocycles. The zero-order chi connectivity index (χ0) is 18.5. The zero-order valence-corrected chi connectivity index (χ0v) is 14.3. The number of halogens is 2. The number of carbonyl (C=O) groups excluding carboxylic acids is 2. The first-order valence-corrected chi connectivity index (χ1v) is 8.60. The Bertz CT molecular complexity index is 810. The Balaban J connectivity index is 1.62. The first-order valence-electron chi connectivity index (χ1n) is 8.60. The quantitative estimate of drug-likeness (QED) is 0.847. The molecule has 0 bridgehead atoms. The van der Waals surface area contributed by atoms with Crippen molar-refractivity contribution in [1.82, 2.24) is 9.80 Å². The maximum Gasteiger partial charge on any atom is 0.256 e. The molecule has 0 aliphatic carbocycles. The minimum absolute atomic E-state index is 0.0482. The van der Waals surface area contributed by atoms with Crippen molar-refractivity contribution in [2.75, 3.05) is 26.2 Å². The summed E-state index contributed by atoms with van der Waals surface area (Å²) in [6.45, 7) is 1.72. The molecule has 2 aromatic carbocycles. The van der Waals surface area contributed by atoms with Crippen molar-refractivity contribution in [2.45, 2.75) is 12.8 Å². The second kappa shape index (κ2) is 8.08. The van der Waals surface area contributed by atoms with E-state index in [4.69, 9.17) is 0 Å². The fourth-order valence-electron chi connectivity index (χ4n) is 3.11. The van der Waals surface area contributed by atoms with E-state index < -0.39 is 5.82 Å². The van der Waals surface area contributed by atoms with E-state index in [2.05, 4.69) is 0 Å². The second-order valence-corrected chi connectivity index (χ2v) is 6.31. The van der Waals surface area contributed by atoms with Gasteiger partial charge in [-0.25, -0.2) is 8.78 Å². The van der Waals surface area contributed by atoms with Gasteiger partial charge in [-0.15, -0.1) is 0 Å². The van der Waals surface area contributed by atoms with Crippen molar-refractivity contribution in [1.29, 1.82) is 0 Å². The van der Waals surface area contributed by atoms with Gasteiger partial charge in [0.05, 0.1) is 12.0 Å². The molecule has 2 amide bonds. The molecular weight excluding hydrogens is 338 g/mol. The SMILES string of the molecule is O=C(Cc1cccc(F)c1)N1CCCN(C(=O)c2ccccc2F)CC1. The lowest BCUT2D eigenvalue weighted by Gasteiger charge is -2.22. The number of hydrogen-bond acceptors (Lipinski definition) is 2. The van der Waals surface area contributed by atoms with Crippen molar-refractivity contribution in [3.63, 3.8) is 0 Å². The summed E-state index contributed by atoms with van der Waals surface area (Å²) >= 11 is 0. The molecule has 0 atom stereocenters. The van der Waals surface area contributed by atoms with Crippen LogP contribution in [0.4, 0.5) is 8.78 Å². The lowest BCUT2D eigenvalue weighted by molar-refractivity contribution is -0.130. The molecule has 6 heteroatoms. The normalized spacial score (nSPS) is 14.8. The lowest BCUT2D eigenvalue weighted by Crippen LogP contribution is -2.38. The van der Waals surface area contributed by atoms with Crippen LogP contribution in [-0.4, -0.2) is 47.8 Å². The van der Waals surface area contributed by atoms with Crippen LogP contribution in [0.2, 0.25) is 0 Å². The summed E-state index contributed by atoms with van der Waals surface area (Å²) < 4.78 is 27.1. The van der Waals surface area contributed by atoms with Crippen LogP contribution in [-0.2, 0) is 11.2 Å². The molecule has 0 N–H and O–H groups in total. The fourth-order valence-corrected chi connectivity index (χ4v) is 3.11. The molecule has 1 aliphatic rings. The van der Waals surface area contributed by atoms with Crippen LogP contribution in [0.15, 0.2) is 48.5 Å². The monoisotopic (exact) mass is 358 g/mol. The molecule has 26 heavy (non-hydrogen) atoms. The number of carbonyl (C=O) groups is 2. The molecule has 1 heterocycles. The molecule has 1 saturated heterocycles. The van der Waals surface area contributed by atoms with E-state index in [-0.39, 0.29) is 29.6 Å². The highest BCUT2D eigenvalue weighted by Gasteiger charge is 2.24. The summed E-state index contributed by atoms with van der Waals surface area (Å²) in [6.07, 6.45) is 0.744. The summed E-state index contributed by atoms with van der Waals surface area (Å²) in [7, 11) is 0. The molecule has 1 fully saturated rings. The smallest absolute Gasteiger partial charge is 0.256 e. The van der Waals surface area contributed by atoms with Crippen molar-refractivity contribution < 1.29 is 18.4 Å². The lowest BCUT2D eigenvalue weighted by atomic mass is 10.1. The van der Waals surface area contributed by atoms with Gasteiger partial charge in [0.25, 0.3) is 5.91 Å². The third kappa shape index (κ3) is 4.25. The van der Waals surface area contributed by atoms with E-state index in [0.717, 1.165) is 0 Å². The van der Waals surface area contributed by atoms with Crippen LogP contribution >= 0.6 is 0 Å². The first-order chi connectivity index (χ1) is 12.5. The summed E-state index contributed by atoms with van der Waals surface area (Å²) in [5.41, 5.74) is 0.672. The van der Waals surface area contributed by atoms with Crippen molar-refractivity contribution >= 4 is 11.8 Å². The van der Waals surface area contributed by atoms with E-state index in [9.17, 15) is 18.4 Å². The Morgan fingerprint density at radius 3 is 2.38 bits per heavy atom. The predicted octanol–water partition coefficient (Wildman–Crippen LogP) is 2.88. The molecule has 0 saturated carbocycles. The molecule has 0 aromatic heterocycles. The molecule has 136 valence electrons. The van der Waals surface area contributed by atoms with Crippen molar-refractivity contribution in [3.05, 3.63) is 71.3 Å². The first kappa shape index (κ1) is 18.0. The second-order valence-electron chi connectivity index (χ2n) is 6.31. The number of amides is 2. The van der Waals surface area contributed by atoms with Crippen molar-refractivity contribution in [2.24, 2.45) is 0 Å². The van der Waals surface area contributed by atoms with Gasteiger partial charge >= 0.3 is 0 Å². The highest BCUT2D eigenvalue weighted by Crippen LogP contribution is 2.14. The van der Waals surface area contributed by atoms with E-state index in [1.165, 1.54) is 24.3 Å². The van der Waals surface area contributed by atoms with Crippen LogP contribution in [0.25, 0.3) is 0 Å². The maximum atomic E-state index is 13.8. The number of hydrogen-bond donors (Lipinski definition) is 0. The third-order valence-electron chi connectivity index (χ3n) is 4.48. The van der Waals surface area contributed by atoms with Gasteiger partial charge < -0.3 is 9.80 Å². The van der Waals surface area contributed by atoms with E-state index >= 15 is 0 Å². The molecule has 0 spiro atoms. The van der Waals surface area contributed by atoms with Crippen LogP contribution in [0, 0.1) is 11.6 Å². The topological polar surface area (TPSA) is 40.6 Å². The number of nitrogens with zero attached hydrogens (tertiary/aromatic N) is 2. The minimum atomic E-state index is -0.541. The average molecular weight is 358 g/mol. The van der Waals surface area contributed by atoms with E-state index in [0.29, 0.717) is 38.2 Å². The fraction of sp³-hybridized carbons (Fsp3) is 0.300. The summed E-state index contributed by atoms with van der Waals surface area (Å²) in [6, 6.07) is 11.9. The van der Waals surface area contributed by atoms with Gasteiger partial charge in [-0.2, -0.15) is 0 Å². The number of rotatable bonds is 3. The summed E-state index contributed by atoms with van der Waals surface area (Å²) in [5, 5.41) is 0. The largest absolute Gasteiger partial charge is 0.341 e. The van der Waals surface area contributed by atoms with E-state index in [1.54, 1.807) is 34.1 Å². The Hall–Kier alpha value is -2.76. The van der Waals surface area contributed by atoms with Gasteiger partial charge in [0, 0.05) is 26.2 Å². The van der Waals surface area contributed by atoms with Crippen molar-refractivity contribution in [3.8, 4) is 0 Å². The molecular formula is C20H20F2N2O2. The summed E-state index contributed by atoms with van der Waals surface area (Å²) in [5.74, 6) is -1.37. The Morgan fingerprint density at radius 1 is 0.885 bits per heavy atom. The molecule has 0 radical (unpaired) electrons. The van der Waals surface area contributed by atoms with Crippen LogP contribution in [0.1, 0.15) is 22.3 Å². The Morgan fingerprint density at radius 2 is 1.62 bits per heavy atom. The molecule has 2 aromatic rings. The van der Waals surface area contributed by atoms with Crippen LogP contribution < -0.4 is 0 Å². The van der Waals surface area contributed by atoms with Crippen LogP contribution in [0.5, 0.6) is 0 Å². The Kier molecular flexibility index (Phi) is 5.61. The third-order valence-corrected chi connectivity index (χ3v) is 4.48. The molecule has 4 nitrogen and oxygen atoms in total. The standard InChI is InChI=1S/C20H20F2N2O2/c21-16-6-3-5-15(13-16)14-19(25)23-9-4-10-24(12-11-23)20(26)17-7-1-2-8-18(17)22/h1-3,5-8,13H,4,9-12,14H2. The summed E-state index contributed by atoms with van der Waals surface area (Å²) in [4.78, 5) is 28.2. The van der Waals surface area contributed by atoms with Gasteiger partial charge in [0.2, 0.25) is 5.91 Å². The van der Waals surface area contributed by atoms with Gasteiger partial charge in [0.1, 0.15) is 11.6 Å². The van der Waals surface area contributed by atoms with E-state index in [1.807, 2.05) is 0 Å². The Labute approximate surface area is 151 Å². The average Bonchev–Trinajstić information content (AvgIpc) is 2.88. The zero-order valence-electron chi connectivity index (χ0n) is 14.3. The number of benzene rings is 2. The van der Waals surface area contributed by atoms with Gasteiger partial charge in [0.15, 0.2) is 0 Å².